The molecule has 2 N–H and O–H groups in total. The Kier molecular flexibility index (Phi) is 7.37. The van der Waals surface area contributed by atoms with Crippen LogP contribution in [0.5, 0.6) is 11.5 Å². The van der Waals surface area contributed by atoms with Gasteiger partial charge >= 0.3 is 0 Å². The highest BCUT2D eigenvalue weighted by Crippen LogP contribution is 2.34. The van der Waals surface area contributed by atoms with Crippen molar-refractivity contribution in [1.29, 1.82) is 0 Å². The number of aryl methyl sites for hydroxylation is 1. The number of hydrogen-bond donors (Lipinski definition) is 2. The summed E-state index contributed by atoms with van der Waals surface area (Å²) in [4.78, 5) is 12.9. The fourth-order valence-corrected chi connectivity index (χ4v) is 2.41. The average molecular weight is 367 g/mol. The van der Waals surface area contributed by atoms with Gasteiger partial charge in [0.15, 0.2) is 11.5 Å². The zero-order valence-corrected chi connectivity index (χ0v) is 16.3. The van der Waals surface area contributed by atoms with Gasteiger partial charge in [-0.1, -0.05) is 19.9 Å². The van der Waals surface area contributed by atoms with Crippen LogP contribution in [0, 0.1) is 6.92 Å². The fraction of sp³-hybridized carbons (Fsp3) is 0.250. The maximum Gasteiger partial charge on any atom is 0.229 e. The molecule has 142 valence electrons. The van der Waals surface area contributed by atoms with E-state index in [1.54, 1.807) is 32.7 Å². The largest absolute Gasteiger partial charge is 0.493 e. The Morgan fingerprint density at radius 3 is 2.33 bits per heavy atom. The van der Waals surface area contributed by atoms with Crippen LogP contribution in [0.2, 0.25) is 0 Å². The molecule has 0 fully saturated rings. The Bertz CT molecular complexity index is 856. The smallest absolute Gasteiger partial charge is 0.229 e. The lowest BCUT2D eigenvalue weighted by molar-refractivity contribution is 0.353. The van der Waals surface area contributed by atoms with E-state index in [1.165, 1.54) is 0 Å². The van der Waals surface area contributed by atoms with Gasteiger partial charge in [0.1, 0.15) is 11.6 Å². The number of methoxy groups -OCH3 is 2. The molecule has 0 aliphatic rings. The summed E-state index contributed by atoms with van der Waals surface area (Å²) in [6.07, 6.45) is 3.39. The zero-order chi connectivity index (χ0) is 19.6. The molecule has 0 bridgehead atoms. The van der Waals surface area contributed by atoms with Crippen LogP contribution in [-0.4, -0.2) is 29.2 Å². The second-order valence-electron chi connectivity index (χ2n) is 5.26. The molecule has 0 saturated carbocycles. The number of pyridine rings is 1. The van der Waals surface area contributed by atoms with Crippen LogP contribution in [0.1, 0.15) is 19.4 Å². The fourth-order valence-electron chi connectivity index (χ4n) is 2.41. The maximum absolute atomic E-state index is 5.37. The Balaban J connectivity index is 0.00000126. The normalized spacial score (nSPS) is 9.67. The van der Waals surface area contributed by atoms with E-state index in [1.807, 2.05) is 51.1 Å². The first kappa shape index (κ1) is 20.0. The van der Waals surface area contributed by atoms with Crippen molar-refractivity contribution >= 4 is 23.3 Å². The van der Waals surface area contributed by atoms with Gasteiger partial charge in [0, 0.05) is 24.1 Å². The van der Waals surface area contributed by atoms with E-state index in [9.17, 15) is 0 Å². The Morgan fingerprint density at radius 1 is 0.852 bits per heavy atom. The molecule has 3 rings (SSSR count). The summed E-state index contributed by atoms with van der Waals surface area (Å²) in [5, 5.41) is 6.31. The van der Waals surface area contributed by atoms with Gasteiger partial charge < -0.3 is 20.1 Å². The van der Waals surface area contributed by atoms with Gasteiger partial charge in [0.05, 0.1) is 14.2 Å². The van der Waals surface area contributed by atoms with Crippen LogP contribution in [0.15, 0.2) is 48.8 Å². The summed E-state index contributed by atoms with van der Waals surface area (Å²) in [5.74, 6) is 3.18. The number of anilines is 4. The van der Waals surface area contributed by atoms with Gasteiger partial charge in [-0.3, -0.25) is 0 Å². The predicted molar refractivity (Wildman–Crippen MR) is 108 cm³/mol. The molecule has 7 heteroatoms. The van der Waals surface area contributed by atoms with Gasteiger partial charge in [-0.2, -0.15) is 4.98 Å². The average Bonchev–Trinajstić information content (AvgIpc) is 2.70. The third kappa shape index (κ3) is 5.31. The molecule has 0 amide bonds. The number of ether oxygens (including phenoxy) is 2. The van der Waals surface area contributed by atoms with Crippen LogP contribution < -0.4 is 20.1 Å². The second kappa shape index (κ2) is 9.96. The van der Waals surface area contributed by atoms with Crippen molar-refractivity contribution in [2.45, 2.75) is 20.8 Å². The monoisotopic (exact) mass is 367 g/mol. The van der Waals surface area contributed by atoms with Crippen molar-refractivity contribution in [3.63, 3.8) is 0 Å². The summed E-state index contributed by atoms with van der Waals surface area (Å²) >= 11 is 0. The van der Waals surface area contributed by atoms with E-state index in [0.717, 1.165) is 11.3 Å². The molecule has 2 heterocycles. The highest BCUT2D eigenvalue weighted by Gasteiger charge is 2.10. The quantitative estimate of drug-likeness (QED) is 0.653. The van der Waals surface area contributed by atoms with Crippen molar-refractivity contribution in [3.05, 3.63) is 54.4 Å². The lowest BCUT2D eigenvalue weighted by atomic mass is 10.2. The van der Waals surface area contributed by atoms with Gasteiger partial charge in [-0.05, 0) is 36.8 Å². The molecule has 3 aromatic rings. The van der Waals surface area contributed by atoms with Crippen molar-refractivity contribution in [2.24, 2.45) is 0 Å². The lowest BCUT2D eigenvalue weighted by Crippen LogP contribution is -2.02. The van der Waals surface area contributed by atoms with Gasteiger partial charge in [-0.15, -0.1) is 0 Å². The molecule has 0 aliphatic carbocycles. The molecule has 1 aromatic carbocycles. The minimum absolute atomic E-state index is 0.465. The van der Waals surface area contributed by atoms with Crippen molar-refractivity contribution < 1.29 is 9.47 Å². The highest BCUT2D eigenvalue weighted by molar-refractivity contribution is 5.63. The van der Waals surface area contributed by atoms with Crippen LogP contribution in [0.4, 0.5) is 23.3 Å². The van der Waals surface area contributed by atoms with E-state index in [4.69, 9.17) is 9.47 Å². The molecule has 0 spiro atoms. The minimum Gasteiger partial charge on any atom is -0.493 e. The van der Waals surface area contributed by atoms with Gasteiger partial charge in [-0.25, -0.2) is 9.97 Å². The van der Waals surface area contributed by atoms with Crippen molar-refractivity contribution in [3.8, 4) is 11.5 Å². The summed E-state index contributed by atoms with van der Waals surface area (Å²) in [7, 11) is 3.23. The Labute approximate surface area is 159 Å². The second-order valence-corrected chi connectivity index (χ2v) is 5.26. The third-order valence-corrected chi connectivity index (χ3v) is 3.50. The number of hydrogen-bond acceptors (Lipinski definition) is 7. The van der Waals surface area contributed by atoms with Crippen LogP contribution in [-0.2, 0) is 0 Å². The standard InChI is InChI=1S/C18H19N5O2.C2H6/c1-12-10-13(11-14(24-2)17(12)25-3)21-18-20-9-7-16(23-18)22-15-6-4-5-8-19-15;1-2/h4-11H,1-3H3,(H2,19,20,21,22,23);1-2H3. The number of nitrogens with zero attached hydrogens (tertiary/aromatic N) is 3. The van der Waals surface area contributed by atoms with E-state index >= 15 is 0 Å². The molecule has 2 aromatic heterocycles. The van der Waals surface area contributed by atoms with E-state index < -0.39 is 0 Å². The van der Waals surface area contributed by atoms with E-state index in [2.05, 4.69) is 25.6 Å². The Hall–Kier alpha value is -3.35. The maximum atomic E-state index is 5.37. The molecule has 0 unspecified atom stereocenters. The first-order valence-electron chi connectivity index (χ1n) is 8.70. The molecule has 0 atom stereocenters. The van der Waals surface area contributed by atoms with Crippen molar-refractivity contribution in [2.75, 3.05) is 24.9 Å². The summed E-state index contributed by atoms with van der Waals surface area (Å²) in [6.45, 7) is 5.95. The topological polar surface area (TPSA) is 81.2 Å². The van der Waals surface area contributed by atoms with Gasteiger partial charge in [0.2, 0.25) is 5.95 Å². The molecule has 7 nitrogen and oxygen atoms in total. The summed E-state index contributed by atoms with van der Waals surface area (Å²) in [5.41, 5.74) is 1.76. The lowest BCUT2D eigenvalue weighted by Gasteiger charge is -2.13. The first-order valence-corrected chi connectivity index (χ1v) is 8.70. The van der Waals surface area contributed by atoms with Crippen LogP contribution in [0.25, 0.3) is 0 Å². The minimum atomic E-state index is 0.465. The van der Waals surface area contributed by atoms with Gasteiger partial charge in [0.25, 0.3) is 0 Å². The summed E-state index contributed by atoms with van der Waals surface area (Å²) in [6, 6.07) is 11.2. The number of rotatable bonds is 6. The molecule has 27 heavy (non-hydrogen) atoms. The zero-order valence-electron chi connectivity index (χ0n) is 16.3. The molecule has 0 saturated heterocycles. The number of aromatic nitrogens is 3. The predicted octanol–water partition coefficient (Wildman–Crippen LogP) is 4.71. The van der Waals surface area contributed by atoms with Crippen LogP contribution >= 0.6 is 0 Å². The molecule has 0 radical (unpaired) electrons. The molecule has 0 aliphatic heterocycles. The number of benzene rings is 1. The van der Waals surface area contributed by atoms with Crippen LogP contribution in [0.3, 0.4) is 0 Å². The highest BCUT2D eigenvalue weighted by atomic mass is 16.5. The van der Waals surface area contributed by atoms with E-state index in [0.29, 0.717) is 29.1 Å². The summed E-state index contributed by atoms with van der Waals surface area (Å²) < 4.78 is 10.7. The first-order chi connectivity index (χ1) is 13.2. The molecular formula is C20H25N5O2. The molecular weight excluding hydrogens is 342 g/mol. The third-order valence-electron chi connectivity index (χ3n) is 3.50. The Morgan fingerprint density at radius 2 is 1.67 bits per heavy atom. The van der Waals surface area contributed by atoms with E-state index in [-0.39, 0.29) is 0 Å². The van der Waals surface area contributed by atoms with Crippen molar-refractivity contribution in [1.82, 2.24) is 15.0 Å². The number of nitrogens with one attached hydrogen (secondary N) is 2. The SMILES string of the molecule is CC.COc1cc(Nc2nccc(Nc3ccccn3)n2)cc(C)c1OC.